The lowest BCUT2D eigenvalue weighted by molar-refractivity contribution is -0.140. The van der Waals surface area contributed by atoms with E-state index in [2.05, 4.69) is 16.0 Å². The zero-order chi connectivity index (χ0) is 37.2. The molecule has 0 radical (unpaired) electrons. The van der Waals surface area contributed by atoms with Crippen LogP contribution in [0.5, 0.6) is 0 Å². The van der Waals surface area contributed by atoms with Crippen molar-refractivity contribution in [3.8, 4) is 0 Å². The van der Waals surface area contributed by atoms with E-state index in [0.29, 0.717) is 13.1 Å². The summed E-state index contributed by atoms with van der Waals surface area (Å²) >= 11 is 0. The van der Waals surface area contributed by atoms with Crippen LogP contribution >= 0.6 is 0 Å². The quantitative estimate of drug-likeness (QED) is 0.132. The Bertz CT molecular complexity index is 1240. The fourth-order valence-electron chi connectivity index (χ4n) is 5.18. The number of benzene rings is 1. The van der Waals surface area contributed by atoms with Gasteiger partial charge in [-0.05, 0) is 30.0 Å². The first-order valence-corrected chi connectivity index (χ1v) is 17.2. The molecule has 2 rings (SSSR count). The van der Waals surface area contributed by atoms with E-state index in [9.17, 15) is 44.1 Å². The van der Waals surface area contributed by atoms with Gasteiger partial charge < -0.3 is 31.3 Å². The zero-order valence-electron chi connectivity index (χ0n) is 29.8. The third-order valence-corrected chi connectivity index (χ3v) is 8.73. The fraction of sp³-hybridized carbons (Fsp3) is 0.647. The summed E-state index contributed by atoms with van der Waals surface area (Å²) in [5.41, 5.74) is 0.695. The largest absolute Gasteiger partial charge is 0.480 e. The number of anilines is 1. The van der Waals surface area contributed by atoms with Crippen molar-refractivity contribution in [2.24, 2.45) is 11.8 Å². The van der Waals surface area contributed by atoms with Crippen LogP contribution in [-0.4, -0.2) is 162 Å². The number of nitrogens with zero attached hydrogens (tertiary/aromatic N) is 4. The summed E-state index contributed by atoms with van der Waals surface area (Å²) in [4.78, 5) is 81.0. The van der Waals surface area contributed by atoms with Crippen LogP contribution in [0.25, 0.3) is 0 Å². The Hall–Kier alpha value is -4.12. The van der Waals surface area contributed by atoms with Crippen LogP contribution in [0.4, 0.5) is 5.69 Å². The number of aliphatic carboxylic acids is 3. The fourth-order valence-corrected chi connectivity index (χ4v) is 5.18. The molecule has 1 aliphatic heterocycles. The third kappa shape index (κ3) is 16.5. The average Bonchev–Trinajstić information content (AvgIpc) is 3.05. The molecule has 1 aromatic carbocycles. The van der Waals surface area contributed by atoms with E-state index in [1.165, 1.54) is 18.2 Å². The summed E-state index contributed by atoms with van der Waals surface area (Å²) in [6.07, 6.45) is 1.75. The van der Waals surface area contributed by atoms with Crippen molar-refractivity contribution in [1.29, 1.82) is 0 Å². The van der Waals surface area contributed by atoms with Crippen molar-refractivity contribution in [3.63, 3.8) is 0 Å². The molecule has 2 atom stereocenters. The lowest BCUT2D eigenvalue weighted by Crippen LogP contribution is -2.49. The summed E-state index contributed by atoms with van der Waals surface area (Å²) in [6, 6.07) is 4.52. The Balaban J connectivity index is 2.29. The lowest BCUT2D eigenvalue weighted by Gasteiger charge is -2.32. The molecule has 50 heavy (non-hydrogen) atoms. The molecule has 1 fully saturated rings. The topological polar surface area (TPSA) is 212 Å². The molecule has 6 N–H and O–H groups in total. The maximum Gasteiger partial charge on any atom is 0.317 e. The Morgan fingerprint density at radius 2 is 0.900 bits per heavy atom. The minimum atomic E-state index is -1.05. The van der Waals surface area contributed by atoms with Gasteiger partial charge in [0.05, 0.1) is 26.2 Å². The van der Waals surface area contributed by atoms with Crippen LogP contribution in [0.2, 0.25) is 0 Å². The van der Waals surface area contributed by atoms with Gasteiger partial charge in [0.25, 0.3) is 11.8 Å². The summed E-state index contributed by atoms with van der Waals surface area (Å²) in [5.74, 6) is -3.82. The second kappa shape index (κ2) is 21.9. The first-order valence-electron chi connectivity index (χ1n) is 17.2. The van der Waals surface area contributed by atoms with Crippen molar-refractivity contribution in [2.45, 2.75) is 40.5 Å². The molecule has 16 nitrogen and oxygen atoms in total. The molecule has 0 bridgehead atoms. The number of carboxylic acids is 3. The van der Waals surface area contributed by atoms with Gasteiger partial charge in [-0.3, -0.25) is 48.4 Å². The summed E-state index contributed by atoms with van der Waals surface area (Å²) < 4.78 is 0. The van der Waals surface area contributed by atoms with Gasteiger partial charge in [-0.15, -0.1) is 0 Å². The van der Waals surface area contributed by atoms with E-state index < -0.39 is 23.8 Å². The van der Waals surface area contributed by atoms with Gasteiger partial charge in [-0.1, -0.05) is 40.5 Å². The molecule has 0 spiro atoms. The van der Waals surface area contributed by atoms with Gasteiger partial charge in [0.2, 0.25) is 5.91 Å². The van der Waals surface area contributed by atoms with Gasteiger partial charge >= 0.3 is 17.9 Å². The number of carbonyl (C=O) groups is 6. The van der Waals surface area contributed by atoms with E-state index in [4.69, 9.17) is 0 Å². The molecule has 3 amide bonds. The highest BCUT2D eigenvalue weighted by Gasteiger charge is 2.22. The summed E-state index contributed by atoms with van der Waals surface area (Å²) in [6.45, 7) is 10.1. The van der Waals surface area contributed by atoms with Crippen molar-refractivity contribution >= 4 is 41.3 Å². The van der Waals surface area contributed by atoms with Gasteiger partial charge in [-0.2, -0.15) is 0 Å². The van der Waals surface area contributed by atoms with E-state index in [-0.39, 0.29) is 119 Å². The van der Waals surface area contributed by atoms with Crippen molar-refractivity contribution in [2.75, 3.05) is 96.9 Å². The first kappa shape index (κ1) is 42.0. The van der Waals surface area contributed by atoms with Crippen LogP contribution in [-0.2, 0) is 19.2 Å². The molecule has 280 valence electrons. The Morgan fingerprint density at radius 3 is 1.20 bits per heavy atom. The molecule has 0 aliphatic carbocycles. The molecule has 16 heteroatoms. The highest BCUT2D eigenvalue weighted by Crippen LogP contribution is 2.17. The minimum Gasteiger partial charge on any atom is -0.480 e. The third-order valence-electron chi connectivity index (χ3n) is 8.73. The average molecular weight is 706 g/mol. The van der Waals surface area contributed by atoms with Crippen molar-refractivity contribution in [3.05, 3.63) is 29.3 Å². The summed E-state index contributed by atoms with van der Waals surface area (Å²) in [7, 11) is 0. The number of carbonyl (C=O) groups excluding carboxylic acids is 3. The maximum absolute atomic E-state index is 13.5. The lowest BCUT2D eigenvalue weighted by atomic mass is 10.1. The Kier molecular flexibility index (Phi) is 18.4. The van der Waals surface area contributed by atoms with E-state index in [0.717, 1.165) is 12.8 Å². The molecule has 1 aromatic rings. The number of rotatable bonds is 17. The Morgan fingerprint density at radius 1 is 0.580 bits per heavy atom. The Labute approximate surface area is 294 Å². The second-order valence-electron chi connectivity index (χ2n) is 13.1. The van der Waals surface area contributed by atoms with E-state index >= 15 is 0 Å². The van der Waals surface area contributed by atoms with Crippen LogP contribution in [0.3, 0.4) is 0 Å². The van der Waals surface area contributed by atoms with Crippen LogP contribution in [0.15, 0.2) is 18.2 Å². The molecule has 1 aliphatic rings. The molecule has 2 unspecified atom stereocenters. The molecular weight excluding hydrogens is 650 g/mol. The smallest absolute Gasteiger partial charge is 0.317 e. The van der Waals surface area contributed by atoms with Crippen LogP contribution < -0.4 is 16.0 Å². The normalized spacial score (nSPS) is 17.0. The predicted molar refractivity (Wildman–Crippen MR) is 187 cm³/mol. The zero-order valence-corrected chi connectivity index (χ0v) is 29.8. The van der Waals surface area contributed by atoms with Gasteiger partial charge in [0, 0.05) is 82.3 Å². The van der Waals surface area contributed by atoms with Crippen LogP contribution in [0, 0.1) is 11.8 Å². The van der Waals surface area contributed by atoms with E-state index in [1.54, 1.807) is 19.6 Å². The highest BCUT2D eigenvalue weighted by atomic mass is 16.4. The van der Waals surface area contributed by atoms with E-state index in [1.807, 2.05) is 27.7 Å². The van der Waals surface area contributed by atoms with Gasteiger partial charge in [0.15, 0.2) is 0 Å². The van der Waals surface area contributed by atoms with Crippen molar-refractivity contribution in [1.82, 2.24) is 30.2 Å². The number of carboxylic acid groups (broad SMARTS) is 3. The SMILES string of the molecule is CCC(C)CNC(=O)c1cc(NC(=O)CN2CCN(CC(=O)O)CCN(CC(=O)O)CCN(CC(=O)O)CC2)cc(C(=O)NCC(C)CC)c1. The number of hydrogen-bond donors (Lipinski definition) is 6. The second-order valence-corrected chi connectivity index (χ2v) is 13.1. The standard InChI is InChI=1S/C34H55N7O9/c1-5-24(3)18-35-33(49)26-15-27(34(50)36-19-25(4)6-2)17-28(16-26)37-29(42)20-38-7-9-39(21-30(43)44)11-13-41(23-32(47)48)14-12-40(10-8-38)22-31(45)46/h15-17,24-25H,5-14,18-23H2,1-4H3,(H,35,49)(H,36,50)(H,37,42)(H,43,44)(H,45,46)(H,47,48). The first-order chi connectivity index (χ1) is 23.7. The van der Waals surface area contributed by atoms with Crippen LogP contribution in [0.1, 0.15) is 61.3 Å². The molecule has 1 heterocycles. The number of nitrogens with one attached hydrogen (secondary N) is 3. The molecule has 0 saturated carbocycles. The van der Waals surface area contributed by atoms with Gasteiger partial charge in [-0.25, -0.2) is 0 Å². The minimum absolute atomic E-state index is 0.132. The summed E-state index contributed by atoms with van der Waals surface area (Å²) in [5, 5.41) is 36.9. The number of amides is 3. The number of hydrogen-bond acceptors (Lipinski definition) is 10. The van der Waals surface area contributed by atoms with Crippen molar-refractivity contribution < 1.29 is 44.1 Å². The predicted octanol–water partition coefficient (Wildman–Crippen LogP) is 0.652. The monoisotopic (exact) mass is 705 g/mol. The highest BCUT2D eigenvalue weighted by molar-refractivity contribution is 6.03. The molecule has 1 saturated heterocycles. The molecule has 0 aromatic heterocycles. The maximum atomic E-state index is 13.5. The molecular formula is C34H55N7O9. The van der Waals surface area contributed by atoms with Gasteiger partial charge in [0.1, 0.15) is 0 Å².